The quantitative estimate of drug-likeness (QED) is 0.419. The molecule has 0 aromatic heterocycles. The van der Waals surface area contributed by atoms with E-state index in [0.717, 1.165) is 0 Å². The lowest BCUT2D eigenvalue weighted by molar-refractivity contribution is -0.104. The molecule has 5 heteroatoms. The molecule has 2 rings (SSSR count). The van der Waals surface area contributed by atoms with Gasteiger partial charge in [-0.05, 0) is 35.4 Å². The normalized spacial score (nSPS) is 11.6. The molecule has 0 aliphatic rings. The zero-order valence-electron chi connectivity index (χ0n) is 14.0. The molecule has 0 spiro atoms. The second-order valence-corrected chi connectivity index (χ2v) is 4.98. The van der Waals surface area contributed by atoms with E-state index in [1.54, 1.807) is 62.8 Å². The Balaban J connectivity index is 2.16. The number of rotatable bonds is 8. The number of ether oxygens (including phenoxy) is 3. The van der Waals surface area contributed by atoms with Crippen LogP contribution in [-0.4, -0.2) is 26.8 Å². The first-order chi connectivity index (χ1) is 12.2. The number of allylic oxidation sites excluding steroid dienone is 2. The third-order valence-corrected chi connectivity index (χ3v) is 3.49. The van der Waals surface area contributed by atoms with Gasteiger partial charge in [-0.25, -0.2) is 0 Å². The highest BCUT2D eigenvalue weighted by atomic mass is 16.5. The fourth-order valence-corrected chi connectivity index (χ4v) is 2.08. The minimum Gasteiger partial charge on any atom is -0.497 e. The summed E-state index contributed by atoms with van der Waals surface area (Å²) in [7, 11) is 3.14. The summed E-state index contributed by atoms with van der Waals surface area (Å²) >= 11 is 0. The molecule has 0 heterocycles. The lowest BCUT2D eigenvalue weighted by Gasteiger charge is -2.04. The summed E-state index contributed by atoms with van der Waals surface area (Å²) in [5.74, 6) is 1.38. The third kappa shape index (κ3) is 4.81. The molecule has 2 aromatic carbocycles. The first kappa shape index (κ1) is 18.0. The molecule has 0 atom stereocenters. The standard InChI is InChI=1S/C20H18O5/c1-23-19-7-3-15(4-8-19)17(11-21)13-25-14-18(12-22)16-5-9-20(24-2)10-6-16/h3-14H,1-2H3/b17-13-,18-14-. The van der Waals surface area contributed by atoms with E-state index in [-0.39, 0.29) is 0 Å². The van der Waals surface area contributed by atoms with Crippen LogP contribution in [0.5, 0.6) is 11.5 Å². The molecular formula is C20H18O5. The average molecular weight is 338 g/mol. The number of benzene rings is 2. The summed E-state index contributed by atoms with van der Waals surface area (Å²) in [5, 5.41) is 0. The monoisotopic (exact) mass is 338 g/mol. The van der Waals surface area contributed by atoms with Crippen LogP contribution in [0.15, 0.2) is 61.1 Å². The molecule has 2 aromatic rings. The largest absolute Gasteiger partial charge is 0.497 e. The summed E-state index contributed by atoms with van der Waals surface area (Å²) in [5.41, 5.74) is 2.06. The van der Waals surface area contributed by atoms with Crippen LogP contribution in [0.2, 0.25) is 0 Å². The van der Waals surface area contributed by atoms with Crippen LogP contribution >= 0.6 is 0 Å². The van der Waals surface area contributed by atoms with Crippen molar-refractivity contribution in [1.29, 1.82) is 0 Å². The van der Waals surface area contributed by atoms with E-state index < -0.39 is 0 Å². The van der Waals surface area contributed by atoms with E-state index in [2.05, 4.69) is 0 Å². The maximum Gasteiger partial charge on any atom is 0.153 e. The van der Waals surface area contributed by atoms with Gasteiger partial charge in [-0.3, -0.25) is 9.59 Å². The number of hydrogen-bond donors (Lipinski definition) is 0. The summed E-state index contributed by atoms with van der Waals surface area (Å²) in [6, 6.07) is 14.0. The zero-order chi connectivity index (χ0) is 18.1. The number of carbonyl (C=O) groups excluding carboxylic acids is 2. The minimum absolute atomic E-state index is 0.346. The predicted molar refractivity (Wildman–Crippen MR) is 95.2 cm³/mol. The van der Waals surface area contributed by atoms with Crippen molar-refractivity contribution in [2.75, 3.05) is 14.2 Å². The summed E-state index contributed by atoms with van der Waals surface area (Å²) in [6.45, 7) is 0. The molecule has 0 saturated carbocycles. The Morgan fingerprint density at radius 1 is 0.680 bits per heavy atom. The van der Waals surface area contributed by atoms with Gasteiger partial charge in [0.1, 0.15) is 24.0 Å². The van der Waals surface area contributed by atoms with E-state index in [1.165, 1.54) is 12.5 Å². The lowest BCUT2D eigenvalue weighted by atomic mass is 10.1. The number of hydrogen-bond acceptors (Lipinski definition) is 5. The van der Waals surface area contributed by atoms with Crippen molar-refractivity contribution in [2.45, 2.75) is 0 Å². The smallest absolute Gasteiger partial charge is 0.153 e. The Labute approximate surface area is 146 Å². The Bertz CT molecular complexity index is 703. The van der Waals surface area contributed by atoms with Gasteiger partial charge < -0.3 is 14.2 Å². The van der Waals surface area contributed by atoms with Crippen LogP contribution in [0.25, 0.3) is 11.1 Å². The highest BCUT2D eigenvalue weighted by Gasteiger charge is 2.03. The summed E-state index contributed by atoms with van der Waals surface area (Å²) in [6.07, 6.45) is 3.96. The van der Waals surface area contributed by atoms with Crippen molar-refractivity contribution in [3.05, 3.63) is 72.2 Å². The molecule has 0 bridgehead atoms. The molecule has 0 saturated heterocycles. The van der Waals surface area contributed by atoms with Gasteiger partial charge >= 0.3 is 0 Å². The first-order valence-electron chi connectivity index (χ1n) is 7.46. The molecule has 5 nitrogen and oxygen atoms in total. The Morgan fingerprint density at radius 3 is 1.32 bits per heavy atom. The second kappa shape index (κ2) is 9.08. The van der Waals surface area contributed by atoms with Crippen molar-refractivity contribution < 1.29 is 23.8 Å². The van der Waals surface area contributed by atoms with E-state index in [0.29, 0.717) is 46.3 Å². The third-order valence-electron chi connectivity index (χ3n) is 3.49. The highest BCUT2D eigenvalue weighted by Crippen LogP contribution is 2.19. The van der Waals surface area contributed by atoms with Gasteiger partial charge in [-0.2, -0.15) is 0 Å². The van der Waals surface area contributed by atoms with Crippen LogP contribution in [0.4, 0.5) is 0 Å². The van der Waals surface area contributed by atoms with Gasteiger partial charge in [0, 0.05) is 0 Å². The van der Waals surface area contributed by atoms with Gasteiger partial charge in [0.15, 0.2) is 12.6 Å². The topological polar surface area (TPSA) is 61.8 Å². The van der Waals surface area contributed by atoms with Gasteiger partial charge in [0.2, 0.25) is 0 Å². The minimum atomic E-state index is 0.346. The van der Waals surface area contributed by atoms with Gasteiger partial charge in [-0.15, -0.1) is 0 Å². The van der Waals surface area contributed by atoms with Crippen molar-refractivity contribution in [3.63, 3.8) is 0 Å². The van der Waals surface area contributed by atoms with Crippen molar-refractivity contribution in [3.8, 4) is 11.5 Å². The van der Waals surface area contributed by atoms with Gasteiger partial charge in [-0.1, -0.05) is 24.3 Å². The zero-order valence-corrected chi connectivity index (χ0v) is 14.0. The SMILES string of the molecule is COc1ccc(/C(C=O)=C\O/C=C(/C=O)c2ccc(OC)cc2)cc1. The molecule has 0 aliphatic heterocycles. The molecule has 0 N–H and O–H groups in total. The number of carbonyl (C=O) groups is 2. The van der Waals surface area contributed by atoms with Crippen LogP contribution in [0.1, 0.15) is 11.1 Å². The Hall–Kier alpha value is -3.34. The summed E-state index contributed by atoms with van der Waals surface area (Å²) in [4.78, 5) is 22.5. The van der Waals surface area contributed by atoms with E-state index in [1.807, 2.05) is 0 Å². The molecule has 0 fully saturated rings. The second-order valence-electron chi connectivity index (χ2n) is 4.98. The molecular weight excluding hydrogens is 320 g/mol. The number of methoxy groups -OCH3 is 2. The number of aldehydes is 2. The predicted octanol–water partition coefficient (Wildman–Crippen LogP) is 3.50. The Kier molecular flexibility index (Phi) is 6.54. The fraction of sp³-hybridized carbons (Fsp3) is 0.100. The molecule has 0 radical (unpaired) electrons. The molecule has 25 heavy (non-hydrogen) atoms. The first-order valence-corrected chi connectivity index (χ1v) is 7.46. The van der Waals surface area contributed by atoms with Gasteiger partial charge in [0.25, 0.3) is 0 Å². The van der Waals surface area contributed by atoms with E-state index in [4.69, 9.17) is 14.2 Å². The van der Waals surface area contributed by atoms with Crippen molar-refractivity contribution in [1.82, 2.24) is 0 Å². The van der Waals surface area contributed by atoms with Crippen LogP contribution in [-0.2, 0) is 14.3 Å². The van der Waals surface area contributed by atoms with E-state index >= 15 is 0 Å². The maximum absolute atomic E-state index is 11.3. The molecule has 0 unspecified atom stereocenters. The molecule has 0 aliphatic carbocycles. The lowest BCUT2D eigenvalue weighted by Crippen LogP contribution is -1.90. The van der Waals surface area contributed by atoms with E-state index in [9.17, 15) is 9.59 Å². The van der Waals surface area contributed by atoms with Crippen LogP contribution in [0.3, 0.4) is 0 Å². The maximum atomic E-state index is 11.3. The van der Waals surface area contributed by atoms with Crippen molar-refractivity contribution >= 4 is 23.7 Å². The van der Waals surface area contributed by atoms with Gasteiger partial charge in [0.05, 0.1) is 25.4 Å². The summed E-state index contributed by atoms with van der Waals surface area (Å²) < 4.78 is 15.5. The Morgan fingerprint density at radius 2 is 1.04 bits per heavy atom. The molecule has 0 amide bonds. The fourth-order valence-electron chi connectivity index (χ4n) is 2.08. The highest BCUT2D eigenvalue weighted by molar-refractivity contribution is 6.07. The van der Waals surface area contributed by atoms with Crippen LogP contribution in [0, 0.1) is 0 Å². The average Bonchev–Trinajstić information content (AvgIpc) is 2.68. The molecule has 128 valence electrons. The van der Waals surface area contributed by atoms with Crippen LogP contribution < -0.4 is 9.47 Å². The van der Waals surface area contributed by atoms with Crippen molar-refractivity contribution in [2.24, 2.45) is 0 Å².